The molecule has 0 aliphatic carbocycles. The lowest BCUT2D eigenvalue weighted by molar-refractivity contribution is 0.0950. The number of hydrazone groups is 1. The highest BCUT2D eigenvalue weighted by Crippen LogP contribution is 2.18. The summed E-state index contributed by atoms with van der Waals surface area (Å²) >= 11 is 6.06. The van der Waals surface area contributed by atoms with Crippen molar-refractivity contribution in [3.63, 3.8) is 0 Å². The number of carbonyl (C=O) groups is 1. The predicted molar refractivity (Wildman–Crippen MR) is 110 cm³/mol. The van der Waals surface area contributed by atoms with Crippen molar-refractivity contribution in [3.8, 4) is 11.5 Å². The van der Waals surface area contributed by atoms with Gasteiger partial charge in [0.1, 0.15) is 24.7 Å². The second kappa shape index (κ2) is 10.1. The summed E-state index contributed by atoms with van der Waals surface area (Å²) < 4.78 is 11.3. The Morgan fingerprint density at radius 3 is 2.39 bits per heavy atom. The van der Waals surface area contributed by atoms with Crippen LogP contribution in [0.15, 0.2) is 84.0 Å². The summed E-state index contributed by atoms with van der Waals surface area (Å²) in [6, 6.07) is 23.7. The molecule has 5 nitrogen and oxygen atoms in total. The number of carbonyl (C=O) groups excluding carboxylic acids is 1. The molecule has 0 saturated carbocycles. The number of nitrogens with one attached hydrogen (secondary N) is 1. The molecule has 1 amide bonds. The molecule has 1 N–H and O–H groups in total. The second-order valence-corrected chi connectivity index (χ2v) is 6.13. The third-order valence-corrected chi connectivity index (χ3v) is 4.10. The lowest BCUT2D eigenvalue weighted by Crippen LogP contribution is -2.19. The molecule has 0 fully saturated rings. The van der Waals surface area contributed by atoms with Crippen LogP contribution in [0.5, 0.6) is 11.5 Å². The summed E-state index contributed by atoms with van der Waals surface area (Å²) in [7, 11) is 0. The van der Waals surface area contributed by atoms with Crippen LogP contribution in [0.3, 0.4) is 0 Å². The quantitative estimate of drug-likeness (QED) is 0.346. The van der Waals surface area contributed by atoms with E-state index >= 15 is 0 Å². The topological polar surface area (TPSA) is 59.9 Å². The summed E-state index contributed by atoms with van der Waals surface area (Å²) in [6.45, 7) is 0.673. The Labute approximate surface area is 168 Å². The van der Waals surface area contributed by atoms with Gasteiger partial charge in [-0.05, 0) is 30.3 Å². The van der Waals surface area contributed by atoms with E-state index in [1.807, 2.05) is 48.5 Å². The van der Waals surface area contributed by atoms with Gasteiger partial charge in [-0.2, -0.15) is 5.10 Å². The van der Waals surface area contributed by atoms with Gasteiger partial charge in [0.15, 0.2) is 0 Å². The minimum absolute atomic E-state index is 0.308. The van der Waals surface area contributed by atoms with E-state index in [4.69, 9.17) is 21.1 Å². The van der Waals surface area contributed by atoms with E-state index in [0.29, 0.717) is 35.1 Å². The molecule has 0 aliphatic heterocycles. The maximum atomic E-state index is 12.4. The van der Waals surface area contributed by atoms with Crippen LogP contribution in [0.1, 0.15) is 15.9 Å². The summed E-state index contributed by atoms with van der Waals surface area (Å²) in [5.74, 6) is 0.860. The normalized spacial score (nSPS) is 10.6. The van der Waals surface area contributed by atoms with Crippen LogP contribution in [0, 0.1) is 0 Å². The fourth-order valence-electron chi connectivity index (χ4n) is 2.41. The van der Waals surface area contributed by atoms with Crippen molar-refractivity contribution >= 4 is 23.7 Å². The number of amides is 1. The van der Waals surface area contributed by atoms with Crippen molar-refractivity contribution in [1.82, 2.24) is 5.43 Å². The van der Waals surface area contributed by atoms with Gasteiger partial charge in [-0.3, -0.25) is 4.79 Å². The van der Waals surface area contributed by atoms with Crippen molar-refractivity contribution in [2.24, 2.45) is 5.10 Å². The van der Waals surface area contributed by atoms with Gasteiger partial charge in [0.25, 0.3) is 5.91 Å². The number of rotatable bonds is 8. The van der Waals surface area contributed by atoms with Crippen LogP contribution in [0.2, 0.25) is 5.02 Å². The monoisotopic (exact) mass is 394 g/mol. The number of para-hydroxylation sites is 2. The molecule has 0 heterocycles. The lowest BCUT2D eigenvalue weighted by Gasteiger charge is -2.11. The van der Waals surface area contributed by atoms with E-state index in [0.717, 1.165) is 5.75 Å². The van der Waals surface area contributed by atoms with Gasteiger partial charge in [-0.25, -0.2) is 5.43 Å². The lowest BCUT2D eigenvalue weighted by atomic mass is 10.2. The van der Waals surface area contributed by atoms with Gasteiger partial charge in [0.2, 0.25) is 0 Å². The summed E-state index contributed by atoms with van der Waals surface area (Å²) in [6.07, 6.45) is 1.50. The first-order valence-corrected chi connectivity index (χ1v) is 9.09. The Bertz CT molecular complexity index is 945. The van der Waals surface area contributed by atoms with E-state index < -0.39 is 0 Å². The Hall–Kier alpha value is -3.31. The number of hydrogen-bond acceptors (Lipinski definition) is 4. The Kier molecular flexibility index (Phi) is 7.04. The first-order valence-electron chi connectivity index (χ1n) is 8.71. The largest absolute Gasteiger partial charge is 0.490 e. The minimum atomic E-state index is -0.372. The van der Waals surface area contributed by atoms with Crippen molar-refractivity contribution < 1.29 is 14.3 Å². The smallest absolute Gasteiger partial charge is 0.275 e. The number of benzene rings is 3. The molecule has 0 bridgehead atoms. The molecule has 28 heavy (non-hydrogen) atoms. The van der Waals surface area contributed by atoms with Crippen LogP contribution < -0.4 is 14.9 Å². The van der Waals surface area contributed by atoms with Gasteiger partial charge in [0.05, 0.1) is 11.8 Å². The molecule has 3 aromatic rings. The number of nitrogens with zero attached hydrogens (tertiary/aromatic N) is 1. The third-order valence-electron chi connectivity index (χ3n) is 3.76. The summed E-state index contributed by atoms with van der Waals surface area (Å²) in [4.78, 5) is 12.4. The number of ether oxygens (including phenoxy) is 2. The van der Waals surface area contributed by atoms with E-state index in [1.54, 1.807) is 30.3 Å². The Morgan fingerprint density at radius 2 is 1.57 bits per heavy atom. The first kappa shape index (κ1) is 19.5. The van der Waals surface area contributed by atoms with Crippen molar-refractivity contribution in [2.45, 2.75) is 0 Å². The average molecular weight is 395 g/mol. The number of hydrogen-bond donors (Lipinski definition) is 1. The van der Waals surface area contributed by atoms with Gasteiger partial charge >= 0.3 is 0 Å². The molecule has 6 heteroatoms. The van der Waals surface area contributed by atoms with E-state index in [9.17, 15) is 4.79 Å². The minimum Gasteiger partial charge on any atom is -0.490 e. The molecule has 0 saturated heterocycles. The van der Waals surface area contributed by atoms with E-state index in [1.165, 1.54) is 6.21 Å². The van der Waals surface area contributed by atoms with Gasteiger partial charge in [-0.15, -0.1) is 0 Å². The molecule has 0 unspecified atom stereocenters. The van der Waals surface area contributed by atoms with Gasteiger partial charge in [-0.1, -0.05) is 60.1 Å². The van der Waals surface area contributed by atoms with Crippen LogP contribution in [-0.2, 0) is 0 Å². The fraction of sp³-hybridized carbons (Fsp3) is 0.0909. The Balaban J connectivity index is 1.55. The van der Waals surface area contributed by atoms with Crippen LogP contribution in [-0.4, -0.2) is 25.3 Å². The van der Waals surface area contributed by atoms with Gasteiger partial charge in [0, 0.05) is 10.6 Å². The molecule has 0 aromatic heterocycles. The molecule has 3 aromatic carbocycles. The zero-order chi connectivity index (χ0) is 19.6. The summed E-state index contributed by atoms with van der Waals surface area (Å²) in [5, 5.41) is 4.52. The molecule has 0 atom stereocenters. The Morgan fingerprint density at radius 1 is 0.893 bits per heavy atom. The fourth-order valence-corrected chi connectivity index (χ4v) is 2.59. The van der Waals surface area contributed by atoms with Crippen molar-refractivity contribution in [3.05, 3.63) is 95.0 Å². The molecular formula is C22H19ClN2O3. The highest BCUT2D eigenvalue weighted by atomic mass is 35.5. The molecule has 0 spiro atoms. The molecule has 0 radical (unpaired) electrons. The predicted octanol–water partition coefficient (Wildman–Crippen LogP) is 4.56. The van der Waals surface area contributed by atoms with E-state index in [-0.39, 0.29) is 5.91 Å². The molecular weight excluding hydrogens is 376 g/mol. The second-order valence-electron chi connectivity index (χ2n) is 5.73. The van der Waals surface area contributed by atoms with E-state index in [2.05, 4.69) is 10.5 Å². The highest BCUT2D eigenvalue weighted by molar-refractivity contribution is 6.33. The van der Waals surface area contributed by atoms with Crippen LogP contribution in [0.4, 0.5) is 0 Å². The zero-order valence-corrected chi connectivity index (χ0v) is 15.8. The zero-order valence-electron chi connectivity index (χ0n) is 15.0. The molecule has 3 rings (SSSR count). The standard InChI is InChI=1S/C22H19ClN2O3/c23-20-12-6-4-8-17(20)16-24-25-22(26)19-11-5-7-13-21(19)28-15-14-27-18-9-2-1-3-10-18/h1-13,16H,14-15H2,(H,25,26)/b24-16-. The third kappa shape index (κ3) is 5.59. The van der Waals surface area contributed by atoms with Gasteiger partial charge < -0.3 is 9.47 Å². The summed E-state index contributed by atoms with van der Waals surface area (Å²) in [5.41, 5.74) is 3.59. The maximum absolute atomic E-state index is 12.4. The first-order chi connectivity index (χ1) is 13.7. The van der Waals surface area contributed by atoms with Crippen molar-refractivity contribution in [1.29, 1.82) is 0 Å². The molecule has 142 valence electrons. The SMILES string of the molecule is O=C(N/N=C\c1ccccc1Cl)c1ccccc1OCCOc1ccccc1. The maximum Gasteiger partial charge on any atom is 0.275 e. The van der Waals surface area contributed by atoms with Crippen LogP contribution >= 0.6 is 11.6 Å². The average Bonchev–Trinajstić information content (AvgIpc) is 2.73. The molecule has 0 aliphatic rings. The highest BCUT2D eigenvalue weighted by Gasteiger charge is 2.11. The van der Waals surface area contributed by atoms with Crippen molar-refractivity contribution in [2.75, 3.05) is 13.2 Å². The number of halogens is 1. The van der Waals surface area contributed by atoms with Crippen LogP contribution in [0.25, 0.3) is 0 Å².